The Balaban J connectivity index is 2.71. The second-order valence-corrected chi connectivity index (χ2v) is 3.92. The van der Waals surface area contributed by atoms with E-state index in [9.17, 15) is 19.7 Å². The van der Waals surface area contributed by atoms with Gasteiger partial charge in [0.15, 0.2) is 0 Å². The lowest BCUT2D eigenvalue weighted by Crippen LogP contribution is -2.27. The van der Waals surface area contributed by atoms with Crippen LogP contribution in [-0.2, 0) is 9.53 Å². The molecule has 9 heteroatoms. The van der Waals surface area contributed by atoms with E-state index in [0.29, 0.717) is 0 Å². The van der Waals surface area contributed by atoms with Gasteiger partial charge in [0, 0.05) is 12.7 Å². The van der Waals surface area contributed by atoms with Gasteiger partial charge >= 0.3 is 11.7 Å². The highest BCUT2D eigenvalue weighted by atomic mass is 35.5. The monoisotopic (exact) mass is 301 g/mol. The summed E-state index contributed by atoms with van der Waals surface area (Å²) in [5.74, 6) is -1.17. The Morgan fingerprint density at radius 1 is 1.55 bits per heavy atom. The number of rotatable bonds is 6. The van der Waals surface area contributed by atoms with Crippen LogP contribution in [0.1, 0.15) is 23.7 Å². The van der Waals surface area contributed by atoms with Crippen molar-refractivity contribution in [1.29, 1.82) is 0 Å². The molecule has 0 saturated heterocycles. The van der Waals surface area contributed by atoms with Gasteiger partial charge in [-0.15, -0.1) is 0 Å². The van der Waals surface area contributed by atoms with E-state index < -0.39 is 22.5 Å². The average Bonchev–Trinajstić information content (AvgIpc) is 2.38. The first-order valence-corrected chi connectivity index (χ1v) is 6.07. The molecule has 0 aliphatic carbocycles. The summed E-state index contributed by atoms with van der Waals surface area (Å²) in [5, 5.41) is 12.9. The summed E-state index contributed by atoms with van der Waals surface area (Å²) in [6.45, 7) is 1.92. The molecule has 0 fully saturated rings. The van der Waals surface area contributed by atoms with Gasteiger partial charge in [-0.3, -0.25) is 19.7 Å². The van der Waals surface area contributed by atoms with Crippen molar-refractivity contribution in [1.82, 2.24) is 10.3 Å². The van der Waals surface area contributed by atoms with Gasteiger partial charge in [-0.1, -0.05) is 11.6 Å². The number of nitro groups is 1. The molecule has 0 saturated carbocycles. The number of amides is 1. The zero-order chi connectivity index (χ0) is 15.1. The molecule has 1 aromatic rings. The second-order valence-electron chi connectivity index (χ2n) is 3.57. The minimum Gasteiger partial charge on any atom is -0.466 e. The Morgan fingerprint density at radius 3 is 2.85 bits per heavy atom. The average molecular weight is 302 g/mol. The molecule has 0 bridgehead atoms. The second kappa shape index (κ2) is 7.39. The minimum absolute atomic E-state index is 0.00869. The molecule has 1 N–H and O–H groups in total. The van der Waals surface area contributed by atoms with Crippen LogP contribution in [0.3, 0.4) is 0 Å². The quantitative estimate of drug-likeness (QED) is 0.367. The fraction of sp³-hybridized carbons (Fsp3) is 0.364. The van der Waals surface area contributed by atoms with Gasteiger partial charge < -0.3 is 10.1 Å². The summed E-state index contributed by atoms with van der Waals surface area (Å²) in [5.41, 5.74) is -0.776. The number of pyridine rings is 1. The number of nitrogens with zero attached hydrogens (tertiary/aromatic N) is 2. The lowest BCUT2D eigenvalue weighted by atomic mass is 10.2. The van der Waals surface area contributed by atoms with Crippen LogP contribution < -0.4 is 5.32 Å². The fourth-order valence-corrected chi connectivity index (χ4v) is 1.62. The van der Waals surface area contributed by atoms with Crippen LogP contribution in [0, 0.1) is 10.1 Å². The summed E-state index contributed by atoms with van der Waals surface area (Å²) in [7, 11) is 0. The Hall–Kier alpha value is -2.22. The first kappa shape index (κ1) is 15.8. The normalized spacial score (nSPS) is 9.90. The van der Waals surface area contributed by atoms with E-state index in [2.05, 4.69) is 15.0 Å². The zero-order valence-corrected chi connectivity index (χ0v) is 11.3. The van der Waals surface area contributed by atoms with Crippen molar-refractivity contribution in [2.45, 2.75) is 13.3 Å². The molecule has 0 aromatic carbocycles. The van der Waals surface area contributed by atoms with Gasteiger partial charge in [0.05, 0.1) is 18.0 Å². The van der Waals surface area contributed by atoms with Crippen molar-refractivity contribution < 1.29 is 19.2 Å². The molecular formula is C11H12ClN3O5. The number of carbonyl (C=O) groups is 2. The Labute approximate surface area is 119 Å². The molecule has 20 heavy (non-hydrogen) atoms. The van der Waals surface area contributed by atoms with Crippen molar-refractivity contribution in [2.24, 2.45) is 0 Å². The maximum Gasteiger partial charge on any atom is 0.319 e. The van der Waals surface area contributed by atoms with E-state index in [4.69, 9.17) is 11.6 Å². The Kier molecular flexibility index (Phi) is 5.85. The molecular weight excluding hydrogens is 290 g/mol. The highest BCUT2D eigenvalue weighted by Crippen LogP contribution is 2.25. The fourth-order valence-electron chi connectivity index (χ4n) is 1.39. The van der Waals surface area contributed by atoms with Crippen molar-refractivity contribution in [3.63, 3.8) is 0 Å². The van der Waals surface area contributed by atoms with Crippen molar-refractivity contribution in [3.8, 4) is 0 Å². The highest BCUT2D eigenvalue weighted by molar-refractivity contribution is 6.32. The number of hydrogen-bond acceptors (Lipinski definition) is 6. The number of nitrogens with one attached hydrogen (secondary N) is 1. The van der Waals surface area contributed by atoms with E-state index in [-0.39, 0.29) is 30.3 Å². The first-order valence-electron chi connectivity index (χ1n) is 5.70. The van der Waals surface area contributed by atoms with Crippen LogP contribution in [0.2, 0.25) is 5.15 Å². The van der Waals surface area contributed by atoms with Crippen LogP contribution in [0.25, 0.3) is 0 Å². The van der Waals surface area contributed by atoms with E-state index >= 15 is 0 Å². The maximum absolute atomic E-state index is 11.8. The lowest BCUT2D eigenvalue weighted by molar-refractivity contribution is -0.385. The summed E-state index contributed by atoms with van der Waals surface area (Å²) in [6, 6.07) is 1.18. The first-order chi connectivity index (χ1) is 9.47. The van der Waals surface area contributed by atoms with Gasteiger partial charge in [-0.05, 0) is 13.0 Å². The molecule has 8 nitrogen and oxygen atoms in total. The van der Waals surface area contributed by atoms with Crippen LogP contribution in [0.5, 0.6) is 0 Å². The predicted octanol–water partition coefficient (Wildman–Crippen LogP) is 1.33. The molecule has 1 heterocycles. The molecule has 0 unspecified atom stereocenters. The van der Waals surface area contributed by atoms with Crippen molar-refractivity contribution >= 4 is 29.2 Å². The largest absolute Gasteiger partial charge is 0.466 e. The predicted molar refractivity (Wildman–Crippen MR) is 69.5 cm³/mol. The molecule has 1 rings (SSSR count). The van der Waals surface area contributed by atoms with E-state index in [0.717, 1.165) is 0 Å². The molecule has 1 aromatic heterocycles. The molecule has 1 amide bonds. The molecule has 0 atom stereocenters. The Bertz CT molecular complexity index is 535. The summed E-state index contributed by atoms with van der Waals surface area (Å²) in [4.78, 5) is 36.5. The molecule has 108 valence electrons. The lowest BCUT2D eigenvalue weighted by Gasteiger charge is -2.06. The van der Waals surface area contributed by atoms with Crippen LogP contribution in [0.4, 0.5) is 5.69 Å². The highest BCUT2D eigenvalue weighted by Gasteiger charge is 2.24. The molecule has 0 radical (unpaired) electrons. The third kappa shape index (κ3) is 4.16. The van der Waals surface area contributed by atoms with E-state index in [1.165, 1.54) is 12.3 Å². The SMILES string of the molecule is CCOC(=O)CCNC(=O)c1ccnc(Cl)c1[N+](=O)[O-]. The van der Waals surface area contributed by atoms with Gasteiger partial charge in [0.1, 0.15) is 5.56 Å². The standard InChI is InChI=1S/C11H12ClN3O5/c1-2-20-8(16)4-6-14-11(17)7-3-5-13-10(12)9(7)15(18)19/h3,5H,2,4,6H2,1H3,(H,14,17). The zero-order valence-electron chi connectivity index (χ0n) is 10.6. The topological polar surface area (TPSA) is 111 Å². The van der Waals surface area contributed by atoms with Gasteiger partial charge in [-0.2, -0.15) is 0 Å². The van der Waals surface area contributed by atoms with Crippen molar-refractivity contribution in [3.05, 3.63) is 33.1 Å². The number of esters is 1. The molecule has 0 aliphatic heterocycles. The number of aromatic nitrogens is 1. The van der Waals surface area contributed by atoms with Gasteiger partial charge in [-0.25, -0.2) is 4.98 Å². The maximum atomic E-state index is 11.8. The summed E-state index contributed by atoms with van der Waals surface area (Å²) < 4.78 is 4.68. The van der Waals surface area contributed by atoms with Gasteiger partial charge in [0.25, 0.3) is 5.91 Å². The van der Waals surface area contributed by atoms with Crippen LogP contribution in [0.15, 0.2) is 12.3 Å². The number of ether oxygens (including phenoxy) is 1. The van der Waals surface area contributed by atoms with Crippen LogP contribution >= 0.6 is 11.6 Å². The third-order valence-electron chi connectivity index (χ3n) is 2.23. The van der Waals surface area contributed by atoms with E-state index in [1.807, 2.05) is 0 Å². The smallest absolute Gasteiger partial charge is 0.319 e. The Morgan fingerprint density at radius 2 is 2.25 bits per heavy atom. The molecule has 0 aliphatic rings. The van der Waals surface area contributed by atoms with Crippen LogP contribution in [-0.4, -0.2) is 34.9 Å². The minimum atomic E-state index is -0.782. The molecule has 0 spiro atoms. The third-order valence-corrected chi connectivity index (χ3v) is 2.50. The number of carbonyl (C=O) groups excluding carboxylic acids is 2. The van der Waals surface area contributed by atoms with E-state index in [1.54, 1.807) is 6.92 Å². The number of halogens is 1. The summed E-state index contributed by atoms with van der Waals surface area (Å²) in [6.07, 6.45) is 1.17. The summed E-state index contributed by atoms with van der Waals surface area (Å²) >= 11 is 5.59. The van der Waals surface area contributed by atoms with Crippen molar-refractivity contribution in [2.75, 3.05) is 13.2 Å². The number of hydrogen-bond donors (Lipinski definition) is 1. The van der Waals surface area contributed by atoms with Gasteiger partial charge in [0.2, 0.25) is 5.15 Å².